The number of nitrogens with zero attached hydrogens (tertiary/aromatic N) is 2. The van der Waals surface area contributed by atoms with Crippen LogP contribution in [-0.2, 0) is 9.53 Å². The Kier molecular flexibility index (Phi) is 14.6. The van der Waals surface area contributed by atoms with Crippen LogP contribution in [0.25, 0.3) is 0 Å². The molecule has 20 heavy (non-hydrogen) atoms. The van der Waals surface area contributed by atoms with Crippen LogP contribution in [0.5, 0.6) is 0 Å². The minimum Gasteiger partial charge on any atom is -0.385 e. The first-order valence-corrected chi connectivity index (χ1v) is 6.75. The number of hydrogen-bond donors (Lipinski definition) is 2. The number of hydrogen-bond acceptors (Lipinski definition) is 3. The highest BCUT2D eigenvalue weighted by atomic mass is 127. The van der Waals surface area contributed by atoms with Crippen molar-refractivity contribution in [3.05, 3.63) is 0 Å². The Hall–Kier alpha value is -0.570. The van der Waals surface area contributed by atoms with E-state index in [9.17, 15) is 4.79 Å². The second kappa shape index (κ2) is 13.4. The minimum absolute atomic E-state index is 0. The average molecular weight is 400 g/mol. The lowest BCUT2D eigenvalue weighted by Crippen LogP contribution is -2.43. The van der Waals surface area contributed by atoms with Crippen molar-refractivity contribution in [2.75, 3.05) is 40.9 Å². The highest BCUT2D eigenvalue weighted by Gasteiger charge is 2.06. The fraction of sp³-hybridized carbons (Fsp3) is 0.846. The van der Waals surface area contributed by atoms with Crippen molar-refractivity contribution in [3.8, 4) is 0 Å². The monoisotopic (exact) mass is 400 g/mol. The highest BCUT2D eigenvalue weighted by Crippen LogP contribution is 1.89. The zero-order chi connectivity index (χ0) is 14.7. The van der Waals surface area contributed by atoms with E-state index >= 15 is 0 Å². The molecule has 0 aromatic carbocycles. The van der Waals surface area contributed by atoms with Gasteiger partial charge in [0, 0.05) is 40.4 Å². The molecule has 0 aromatic heterocycles. The summed E-state index contributed by atoms with van der Waals surface area (Å²) in [5.41, 5.74) is 0. The van der Waals surface area contributed by atoms with Gasteiger partial charge in [0.25, 0.3) is 0 Å². The quantitative estimate of drug-likeness (QED) is 0.277. The van der Waals surface area contributed by atoms with E-state index in [2.05, 4.69) is 29.5 Å². The zero-order valence-electron chi connectivity index (χ0n) is 13.2. The topological polar surface area (TPSA) is 66.0 Å². The van der Waals surface area contributed by atoms with E-state index in [1.807, 2.05) is 0 Å². The third-order valence-corrected chi connectivity index (χ3v) is 2.68. The Labute approximate surface area is 139 Å². The predicted octanol–water partition coefficient (Wildman–Crippen LogP) is 1.06. The van der Waals surface area contributed by atoms with E-state index in [0.717, 1.165) is 19.4 Å². The number of likely N-dealkylation sites (N-methyl/N-ethyl adjacent to an activating group) is 1. The largest absolute Gasteiger partial charge is 0.385 e. The van der Waals surface area contributed by atoms with Crippen molar-refractivity contribution in [3.63, 3.8) is 0 Å². The minimum atomic E-state index is -0.0119. The van der Waals surface area contributed by atoms with Gasteiger partial charge in [-0.15, -0.1) is 24.0 Å². The molecule has 6 nitrogen and oxygen atoms in total. The summed E-state index contributed by atoms with van der Waals surface area (Å²) in [6, 6.07) is 0.322. The van der Waals surface area contributed by atoms with Crippen LogP contribution < -0.4 is 10.6 Å². The molecule has 0 heterocycles. The lowest BCUT2D eigenvalue weighted by atomic mass is 10.3. The van der Waals surface area contributed by atoms with Gasteiger partial charge in [0.15, 0.2) is 5.96 Å². The summed E-state index contributed by atoms with van der Waals surface area (Å²) < 4.78 is 4.99. The molecule has 0 aliphatic heterocycles. The lowest BCUT2D eigenvalue weighted by Gasteiger charge is -2.17. The molecular formula is C13H29IN4O2. The third-order valence-electron chi connectivity index (χ3n) is 2.68. The lowest BCUT2D eigenvalue weighted by molar-refractivity contribution is -0.127. The van der Waals surface area contributed by atoms with Gasteiger partial charge in [-0.3, -0.25) is 4.79 Å². The van der Waals surface area contributed by atoms with Crippen molar-refractivity contribution >= 4 is 35.8 Å². The molecule has 0 aliphatic rings. The van der Waals surface area contributed by atoms with E-state index in [1.54, 1.807) is 21.2 Å². The predicted molar refractivity (Wildman–Crippen MR) is 93.8 cm³/mol. The Morgan fingerprint density at radius 1 is 1.40 bits per heavy atom. The zero-order valence-corrected chi connectivity index (χ0v) is 15.6. The van der Waals surface area contributed by atoms with Crippen LogP contribution in [-0.4, -0.2) is 63.7 Å². The molecule has 2 N–H and O–H groups in total. The molecule has 0 radical (unpaired) electrons. The van der Waals surface area contributed by atoms with Crippen molar-refractivity contribution in [1.82, 2.24) is 15.5 Å². The van der Waals surface area contributed by atoms with Gasteiger partial charge in [-0.25, -0.2) is 4.99 Å². The van der Waals surface area contributed by atoms with Gasteiger partial charge in [-0.05, 0) is 19.8 Å². The number of methoxy groups -OCH3 is 1. The molecule has 0 rings (SSSR count). The van der Waals surface area contributed by atoms with Crippen LogP contribution in [0, 0.1) is 0 Å². The van der Waals surface area contributed by atoms with E-state index < -0.39 is 0 Å². The molecule has 7 heteroatoms. The smallest absolute Gasteiger partial charge is 0.243 e. The molecule has 0 fully saturated rings. The number of nitrogens with one attached hydrogen (secondary N) is 2. The maximum absolute atomic E-state index is 11.5. The van der Waals surface area contributed by atoms with Crippen LogP contribution >= 0.6 is 24.0 Å². The van der Waals surface area contributed by atoms with Gasteiger partial charge in [-0.2, -0.15) is 0 Å². The molecule has 1 atom stereocenters. The summed E-state index contributed by atoms with van der Waals surface area (Å²) in [6.07, 6.45) is 1.90. The standard InChI is InChI=1S/C13H28N4O2.HI/c1-6-11(2)16-13(14-8-7-9-19-5)15-10-12(18)17(3)4;/h11H,6-10H2,1-5H3,(H2,14,15,16);1H. The molecule has 0 spiro atoms. The Bertz CT molecular complexity index is 286. The highest BCUT2D eigenvalue weighted by molar-refractivity contribution is 14.0. The molecular weight excluding hydrogens is 371 g/mol. The number of aliphatic imine (C=N–C) groups is 1. The van der Waals surface area contributed by atoms with Crippen molar-refractivity contribution < 1.29 is 9.53 Å². The summed E-state index contributed by atoms with van der Waals surface area (Å²) in [6.45, 7) is 5.82. The summed E-state index contributed by atoms with van der Waals surface area (Å²) in [5, 5.41) is 6.47. The summed E-state index contributed by atoms with van der Waals surface area (Å²) in [7, 11) is 5.14. The average Bonchev–Trinajstić information content (AvgIpc) is 2.39. The number of carbonyl (C=O) groups excluding carboxylic acids is 1. The number of carbonyl (C=O) groups is 1. The Morgan fingerprint density at radius 3 is 2.55 bits per heavy atom. The van der Waals surface area contributed by atoms with Crippen LogP contribution in [0.4, 0.5) is 0 Å². The Balaban J connectivity index is 0. The van der Waals surface area contributed by atoms with E-state index in [0.29, 0.717) is 18.6 Å². The number of rotatable bonds is 8. The molecule has 0 bridgehead atoms. The van der Waals surface area contributed by atoms with Crippen LogP contribution in [0.3, 0.4) is 0 Å². The van der Waals surface area contributed by atoms with Gasteiger partial charge in [0.2, 0.25) is 5.91 Å². The molecule has 0 saturated carbocycles. The SMILES string of the molecule is CCC(C)NC(=NCC(=O)N(C)C)NCCCOC.I. The number of amides is 1. The molecule has 1 amide bonds. The molecule has 120 valence electrons. The van der Waals surface area contributed by atoms with Crippen LogP contribution in [0.1, 0.15) is 26.7 Å². The second-order valence-corrected chi connectivity index (χ2v) is 4.68. The van der Waals surface area contributed by atoms with Crippen molar-refractivity contribution in [1.29, 1.82) is 0 Å². The maximum atomic E-state index is 11.5. The van der Waals surface area contributed by atoms with Crippen LogP contribution in [0.15, 0.2) is 4.99 Å². The van der Waals surface area contributed by atoms with E-state index in [-0.39, 0.29) is 36.4 Å². The van der Waals surface area contributed by atoms with Crippen molar-refractivity contribution in [2.45, 2.75) is 32.7 Å². The fourth-order valence-corrected chi connectivity index (χ4v) is 1.20. The number of guanidine groups is 1. The van der Waals surface area contributed by atoms with Crippen LogP contribution in [0.2, 0.25) is 0 Å². The van der Waals surface area contributed by atoms with Gasteiger partial charge < -0.3 is 20.3 Å². The summed E-state index contributed by atoms with van der Waals surface area (Å²) in [5.74, 6) is 0.669. The second-order valence-electron chi connectivity index (χ2n) is 4.68. The van der Waals surface area contributed by atoms with Gasteiger partial charge in [0.1, 0.15) is 6.54 Å². The summed E-state index contributed by atoms with van der Waals surface area (Å²) >= 11 is 0. The first-order valence-electron chi connectivity index (χ1n) is 6.75. The molecule has 0 aliphatic carbocycles. The summed E-state index contributed by atoms with van der Waals surface area (Å²) in [4.78, 5) is 17.4. The number of halogens is 1. The molecule has 1 unspecified atom stereocenters. The van der Waals surface area contributed by atoms with E-state index in [1.165, 1.54) is 4.90 Å². The first kappa shape index (κ1) is 21.7. The van der Waals surface area contributed by atoms with Gasteiger partial charge in [-0.1, -0.05) is 6.92 Å². The normalized spacial score (nSPS) is 12.3. The first-order chi connectivity index (χ1) is 9.01. The fourth-order valence-electron chi connectivity index (χ4n) is 1.20. The molecule has 0 aromatic rings. The Morgan fingerprint density at radius 2 is 2.05 bits per heavy atom. The van der Waals surface area contributed by atoms with Gasteiger partial charge in [0.05, 0.1) is 0 Å². The number of ether oxygens (including phenoxy) is 1. The molecule has 0 saturated heterocycles. The van der Waals surface area contributed by atoms with Gasteiger partial charge >= 0.3 is 0 Å². The van der Waals surface area contributed by atoms with Crippen molar-refractivity contribution in [2.24, 2.45) is 4.99 Å². The maximum Gasteiger partial charge on any atom is 0.243 e. The third kappa shape index (κ3) is 11.3. The van der Waals surface area contributed by atoms with E-state index in [4.69, 9.17) is 4.74 Å².